The van der Waals surface area contributed by atoms with Crippen LogP contribution in [0.4, 0.5) is 10.1 Å². The van der Waals surface area contributed by atoms with Gasteiger partial charge in [0.2, 0.25) is 0 Å². The number of Topliss-reactive ketones (excluding diaryl/α,β-unsaturated/α-hetero) is 1. The minimum Gasteiger partial charge on any atom is -0.462 e. The number of esters is 1. The molecular weight excluding hydrogens is 333 g/mol. The number of aryl methyl sites for hydroxylation is 1. The molecule has 106 valence electrons. The predicted molar refractivity (Wildman–Crippen MR) is 72.2 cm³/mol. The third-order valence-electron chi connectivity index (χ3n) is 2.87. The molecule has 0 fully saturated rings. The van der Waals surface area contributed by atoms with E-state index in [2.05, 4.69) is 20.7 Å². The van der Waals surface area contributed by atoms with E-state index in [1.807, 2.05) is 0 Å². The summed E-state index contributed by atoms with van der Waals surface area (Å²) in [6, 6.07) is 3.07. The number of fused-ring (bicyclic) bond motifs is 1. The molecule has 1 heterocycles. The number of halogens is 2. The Morgan fingerprint density at radius 2 is 2.10 bits per heavy atom. The third-order valence-corrected chi connectivity index (χ3v) is 3.33. The fraction of sp³-hybridized carbons (Fsp3) is 0.308. The molecule has 7 heteroatoms. The molecule has 0 spiro atoms. The van der Waals surface area contributed by atoms with Crippen LogP contribution in [0, 0.1) is 6.92 Å². The van der Waals surface area contributed by atoms with E-state index in [1.54, 1.807) is 13.0 Å². The fourth-order valence-electron chi connectivity index (χ4n) is 2.09. The van der Waals surface area contributed by atoms with Crippen LogP contribution in [0.2, 0.25) is 0 Å². The standard InChI is InChI=1S/C13H11BrFNO4/c1-3-20-13(19)11(15)16-9-6(2)4-7(14)5-8(9)10(17)12(16)18/h4-5,11H,3H2,1-2H3. The molecule has 0 N–H and O–H groups in total. The molecule has 1 aliphatic heterocycles. The van der Waals surface area contributed by atoms with Gasteiger partial charge in [0.25, 0.3) is 12.1 Å². The zero-order valence-corrected chi connectivity index (χ0v) is 12.4. The van der Waals surface area contributed by atoms with Crippen molar-refractivity contribution in [2.45, 2.75) is 20.1 Å². The van der Waals surface area contributed by atoms with Crippen molar-refractivity contribution in [2.75, 3.05) is 11.5 Å². The average Bonchev–Trinajstić information content (AvgIpc) is 2.63. The van der Waals surface area contributed by atoms with Gasteiger partial charge in [-0.15, -0.1) is 0 Å². The Labute approximate surface area is 122 Å². The first-order chi connectivity index (χ1) is 9.38. The molecule has 1 aromatic rings. The molecule has 0 aliphatic carbocycles. The van der Waals surface area contributed by atoms with Crippen LogP contribution in [0.15, 0.2) is 16.6 Å². The maximum atomic E-state index is 14.1. The Kier molecular flexibility index (Phi) is 3.89. The molecule has 0 radical (unpaired) electrons. The van der Waals surface area contributed by atoms with Gasteiger partial charge in [0.15, 0.2) is 0 Å². The highest BCUT2D eigenvalue weighted by molar-refractivity contribution is 9.10. The van der Waals surface area contributed by atoms with Gasteiger partial charge >= 0.3 is 11.9 Å². The molecule has 5 nitrogen and oxygen atoms in total. The summed E-state index contributed by atoms with van der Waals surface area (Å²) in [5.41, 5.74) is 0.707. The van der Waals surface area contributed by atoms with Crippen LogP contribution in [0.3, 0.4) is 0 Å². The van der Waals surface area contributed by atoms with Crippen molar-refractivity contribution in [1.82, 2.24) is 0 Å². The maximum absolute atomic E-state index is 14.1. The largest absolute Gasteiger partial charge is 0.462 e. The summed E-state index contributed by atoms with van der Waals surface area (Å²) in [5, 5.41) is 0. The number of alkyl halides is 1. The van der Waals surface area contributed by atoms with Gasteiger partial charge in [-0.2, -0.15) is 0 Å². The molecule has 2 rings (SSSR count). The second-order valence-electron chi connectivity index (χ2n) is 4.21. The topological polar surface area (TPSA) is 63.7 Å². The predicted octanol–water partition coefficient (Wildman–Crippen LogP) is 2.15. The molecule has 0 bridgehead atoms. The van der Waals surface area contributed by atoms with Crippen LogP contribution in [0.25, 0.3) is 0 Å². The molecule has 1 atom stereocenters. The number of anilines is 1. The second kappa shape index (κ2) is 5.32. The van der Waals surface area contributed by atoms with Gasteiger partial charge < -0.3 is 4.74 Å². The van der Waals surface area contributed by atoms with E-state index in [4.69, 9.17) is 0 Å². The van der Waals surface area contributed by atoms with Crippen molar-refractivity contribution in [3.63, 3.8) is 0 Å². The number of carbonyl (C=O) groups is 3. The Balaban J connectivity index is 2.51. The first-order valence-corrected chi connectivity index (χ1v) is 6.66. The molecule has 1 amide bonds. The van der Waals surface area contributed by atoms with Gasteiger partial charge in [-0.05, 0) is 31.5 Å². The highest BCUT2D eigenvalue weighted by atomic mass is 79.9. The Morgan fingerprint density at radius 3 is 2.70 bits per heavy atom. The summed E-state index contributed by atoms with van der Waals surface area (Å²) >= 11 is 3.21. The van der Waals surface area contributed by atoms with E-state index < -0.39 is 24.0 Å². The third kappa shape index (κ3) is 2.22. The Morgan fingerprint density at radius 1 is 1.45 bits per heavy atom. The molecule has 1 unspecified atom stereocenters. The van der Waals surface area contributed by atoms with Crippen LogP contribution in [0.1, 0.15) is 22.8 Å². The van der Waals surface area contributed by atoms with Crippen molar-refractivity contribution < 1.29 is 23.5 Å². The van der Waals surface area contributed by atoms with Gasteiger partial charge in [0.1, 0.15) is 0 Å². The van der Waals surface area contributed by atoms with E-state index in [9.17, 15) is 18.8 Å². The van der Waals surface area contributed by atoms with Crippen LogP contribution in [-0.4, -0.2) is 30.6 Å². The number of hydrogen-bond acceptors (Lipinski definition) is 4. The van der Waals surface area contributed by atoms with Crippen LogP contribution < -0.4 is 4.90 Å². The number of amides is 1. The first-order valence-electron chi connectivity index (χ1n) is 5.87. The summed E-state index contributed by atoms with van der Waals surface area (Å²) in [6.45, 7) is 3.14. The normalized spacial score (nSPS) is 15.3. The number of rotatable bonds is 3. The molecular formula is C13H11BrFNO4. The first kappa shape index (κ1) is 14.6. The lowest BCUT2D eigenvalue weighted by atomic mass is 10.1. The van der Waals surface area contributed by atoms with Gasteiger partial charge in [0.05, 0.1) is 17.9 Å². The van der Waals surface area contributed by atoms with Gasteiger partial charge in [-0.25, -0.2) is 9.18 Å². The summed E-state index contributed by atoms with van der Waals surface area (Å²) in [4.78, 5) is 35.8. The number of hydrogen-bond donors (Lipinski definition) is 0. The summed E-state index contributed by atoms with van der Waals surface area (Å²) in [5.74, 6) is -3.10. The van der Waals surface area contributed by atoms with Crippen LogP contribution >= 0.6 is 15.9 Å². The molecule has 0 aromatic heterocycles. The van der Waals surface area contributed by atoms with E-state index in [-0.39, 0.29) is 17.9 Å². The Bertz CT molecular complexity index is 617. The molecule has 1 aromatic carbocycles. The Hall–Kier alpha value is -1.76. The molecule has 20 heavy (non-hydrogen) atoms. The van der Waals surface area contributed by atoms with Crippen LogP contribution in [-0.2, 0) is 14.3 Å². The summed E-state index contributed by atoms with van der Waals surface area (Å²) in [7, 11) is 0. The van der Waals surface area contributed by atoms with Crippen molar-refractivity contribution in [3.8, 4) is 0 Å². The van der Waals surface area contributed by atoms with Crippen molar-refractivity contribution in [3.05, 3.63) is 27.7 Å². The van der Waals surface area contributed by atoms with E-state index in [1.165, 1.54) is 13.0 Å². The van der Waals surface area contributed by atoms with Gasteiger partial charge in [0, 0.05) is 4.47 Å². The zero-order chi connectivity index (χ0) is 15.0. The lowest BCUT2D eigenvalue weighted by Gasteiger charge is -2.21. The van der Waals surface area contributed by atoms with Crippen LogP contribution in [0.5, 0.6) is 0 Å². The van der Waals surface area contributed by atoms with E-state index in [0.717, 1.165) is 0 Å². The van der Waals surface area contributed by atoms with E-state index in [0.29, 0.717) is 14.9 Å². The highest BCUT2D eigenvalue weighted by Gasteiger charge is 2.44. The molecule has 0 saturated heterocycles. The second-order valence-corrected chi connectivity index (χ2v) is 5.13. The smallest absolute Gasteiger partial charge is 0.362 e. The van der Waals surface area contributed by atoms with E-state index >= 15 is 0 Å². The monoisotopic (exact) mass is 343 g/mol. The fourth-order valence-corrected chi connectivity index (χ4v) is 2.66. The van der Waals surface area contributed by atoms with Gasteiger partial charge in [-0.3, -0.25) is 14.5 Å². The molecule has 1 aliphatic rings. The zero-order valence-electron chi connectivity index (χ0n) is 10.8. The lowest BCUT2D eigenvalue weighted by Crippen LogP contribution is -2.42. The number of carbonyl (C=O) groups excluding carboxylic acids is 3. The highest BCUT2D eigenvalue weighted by Crippen LogP contribution is 2.36. The number of benzene rings is 1. The van der Waals surface area contributed by atoms with Crippen molar-refractivity contribution >= 4 is 39.3 Å². The quantitative estimate of drug-likeness (QED) is 0.479. The number of ketones is 1. The minimum absolute atomic E-state index is 0.0125. The average molecular weight is 344 g/mol. The van der Waals surface area contributed by atoms with Gasteiger partial charge in [-0.1, -0.05) is 15.9 Å². The SMILES string of the molecule is CCOC(=O)C(F)N1C(=O)C(=O)c2cc(Br)cc(C)c21. The lowest BCUT2D eigenvalue weighted by molar-refractivity contribution is -0.150. The van der Waals surface area contributed by atoms with Crippen molar-refractivity contribution in [2.24, 2.45) is 0 Å². The number of ether oxygens (including phenoxy) is 1. The van der Waals surface area contributed by atoms with Crippen molar-refractivity contribution in [1.29, 1.82) is 0 Å². The molecule has 0 saturated carbocycles. The summed E-state index contributed by atoms with van der Waals surface area (Å²) in [6.07, 6.45) is -2.33. The number of nitrogens with zero attached hydrogens (tertiary/aromatic N) is 1. The maximum Gasteiger partial charge on any atom is 0.362 e. The minimum atomic E-state index is -2.33. The summed E-state index contributed by atoms with van der Waals surface area (Å²) < 4.78 is 19.3.